The molecule has 1 aliphatic heterocycles. The zero-order chi connectivity index (χ0) is 19.4. The highest BCUT2D eigenvalue weighted by Gasteiger charge is 2.43. The largest absolute Gasteiger partial charge is 0.303 e. The van der Waals surface area contributed by atoms with E-state index in [1.165, 1.54) is 11.1 Å². The molecule has 0 bridgehead atoms. The maximum absolute atomic E-state index is 4.41. The van der Waals surface area contributed by atoms with Crippen LogP contribution in [-0.4, -0.2) is 52.8 Å². The number of benzene rings is 2. The minimum absolute atomic E-state index is 0.125. The van der Waals surface area contributed by atoms with Crippen molar-refractivity contribution in [3.8, 4) is 0 Å². The number of hydrogen-bond acceptors (Lipinski definition) is 3. The molecular weight excluding hydrogens is 412 g/mol. The van der Waals surface area contributed by atoms with E-state index in [1.807, 2.05) is 17.1 Å². The molecule has 4 nitrogen and oxygen atoms in total. The third-order valence-corrected chi connectivity index (χ3v) is 6.12. The minimum Gasteiger partial charge on any atom is -0.303 e. The monoisotopic (exact) mass is 438 g/mol. The van der Waals surface area contributed by atoms with Crippen molar-refractivity contribution in [3.05, 3.63) is 88.7 Å². The van der Waals surface area contributed by atoms with Crippen molar-refractivity contribution in [2.45, 2.75) is 18.5 Å². The summed E-state index contributed by atoms with van der Waals surface area (Å²) < 4.78 is 3.06. The number of aromatic nitrogens is 2. The van der Waals surface area contributed by atoms with Crippen LogP contribution in [0.1, 0.15) is 17.5 Å². The number of rotatable bonds is 6. The highest BCUT2D eigenvalue weighted by molar-refractivity contribution is 9.10. The van der Waals surface area contributed by atoms with Gasteiger partial charge in [-0.25, -0.2) is 0 Å². The average molecular weight is 439 g/mol. The number of hydrogen-bond donors (Lipinski definition) is 0. The number of likely N-dealkylation sites (N-methyl/N-ethyl adjacent to an activating group) is 1. The Morgan fingerprint density at radius 3 is 2.14 bits per heavy atom. The van der Waals surface area contributed by atoms with E-state index in [4.69, 9.17) is 0 Å². The summed E-state index contributed by atoms with van der Waals surface area (Å²) in [7, 11) is 2.24. The van der Waals surface area contributed by atoms with Gasteiger partial charge in [0, 0.05) is 38.9 Å². The number of piperazine rings is 1. The molecule has 146 valence electrons. The molecular formula is C23H27BrN4. The zero-order valence-electron chi connectivity index (χ0n) is 16.3. The van der Waals surface area contributed by atoms with Gasteiger partial charge in [0.25, 0.3) is 0 Å². The fraction of sp³-hybridized carbons (Fsp3) is 0.348. The summed E-state index contributed by atoms with van der Waals surface area (Å²) in [6.07, 6.45) is 4.97. The van der Waals surface area contributed by atoms with Gasteiger partial charge < -0.3 is 4.90 Å². The Hall–Kier alpha value is -1.95. The molecule has 4 rings (SSSR count). The molecule has 2 aromatic carbocycles. The van der Waals surface area contributed by atoms with Gasteiger partial charge in [-0.05, 0) is 40.5 Å². The first-order valence-electron chi connectivity index (χ1n) is 9.91. The van der Waals surface area contributed by atoms with E-state index in [2.05, 4.69) is 98.5 Å². The average Bonchev–Trinajstić information content (AvgIpc) is 3.15. The van der Waals surface area contributed by atoms with Crippen molar-refractivity contribution >= 4 is 15.9 Å². The van der Waals surface area contributed by atoms with Crippen LogP contribution < -0.4 is 0 Å². The molecule has 0 radical (unpaired) electrons. The molecule has 0 unspecified atom stereocenters. The fourth-order valence-corrected chi connectivity index (χ4v) is 4.71. The molecule has 0 N–H and O–H groups in total. The molecule has 0 amide bonds. The molecule has 3 aromatic rings. The predicted octanol–water partition coefficient (Wildman–Crippen LogP) is 4.23. The van der Waals surface area contributed by atoms with E-state index in [0.29, 0.717) is 0 Å². The van der Waals surface area contributed by atoms with Crippen molar-refractivity contribution in [2.24, 2.45) is 0 Å². The van der Waals surface area contributed by atoms with Crippen LogP contribution in [-0.2, 0) is 12.1 Å². The van der Waals surface area contributed by atoms with E-state index in [1.54, 1.807) is 0 Å². The van der Waals surface area contributed by atoms with Crippen LogP contribution in [0.5, 0.6) is 0 Å². The van der Waals surface area contributed by atoms with Crippen LogP contribution in [0.15, 0.2) is 77.5 Å². The zero-order valence-corrected chi connectivity index (χ0v) is 17.9. The predicted molar refractivity (Wildman–Crippen MR) is 117 cm³/mol. The standard InChI is InChI=1S/C23H27BrN4/c1-26-15-16-27(13-8-14-28-18-22(24)17-25-28)23(19-26,20-9-4-2-5-10-20)21-11-6-3-7-12-21/h2-7,9-12,17-18H,8,13-16,19H2,1H3. The quantitative estimate of drug-likeness (QED) is 0.575. The van der Waals surface area contributed by atoms with Gasteiger partial charge in [0.2, 0.25) is 0 Å². The van der Waals surface area contributed by atoms with Crippen LogP contribution in [0.25, 0.3) is 0 Å². The molecule has 0 spiro atoms. The van der Waals surface area contributed by atoms with Crippen molar-refractivity contribution in [3.63, 3.8) is 0 Å². The maximum atomic E-state index is 4.41. The Balaban J connectivity index is 1.65. The summed E-state index contributed by atoms with van der Waals surface area (Å²) in [5.41, 5.74) is 2.62. The summed E-state index contributed by atoms with van der Waals surface area (Å²) >= 11 is 3.49. The van der Waals surface area contributed by atoms with E-state index in [9.17, 15) is 0 Å². The Morgan fingerprint density at radius 2 is 1.57 bits per heavy atom. The highest BCUT2D eigenvalue weighted by atomic mass is 79.9. The van der Waals surface area contributed by atoms with Crippen LogP contribution in [0.4, 0.5) is 0 Å². The van der Waals surface area contributed by atoms with E-state index >= 15 is 0 Å². The van der Waals surface area contributed by atoms with Crippen molar-refractivity contribution in [1.82, 2.24) is 19.6 Å². The SMILES string of the molecule is CN1CCN(CCCn2cc(Br)cn2)C(c2ccccc2)(c2ccccc2)C1. The topological polar surface area (TPSA) is 24.3 Å². The molecule has 5 heteroatoms. The Labute approximate surface area is 175 Å². The molecule has 1 saturated heterocycles. The smallest absolute Gasteiger partial charge is 0.0845 e. The molecule has 0 saturated carbocycles. The lowest BCUT2D eigenvalue weighted by molar-refractivity contribution is 0.0295. The Kier molecular flexibility index (Phi) is 5.95. The molecule has 1 aliphatic rings. The molecule has 28 heavy (non-hydrogen) atoms. The molecule has 1 aromatic heterocycles. The lowest BCUT2D eigenvalue weighted by Gasteiger charge is -2.51. The first kappa shape index (κ1) is 19.4. The van der Waals surface area contributed by atoms with E-state index in [0.717, 1.165) is 43.6 Å². The lowest BCUT2D eigenvalue weighted by Crippen LogP contribution is -2.60. The van der Waals surface area contributed by atoms with Gasteiger partial charge in [-0.3, -0.25) is 9.58 Å². The van der Waals surface area contributed by atoms with Gasteiger partial charge in [0.1, 0.15) is 0 Å². The van der Waals surface area contributed by atoms with Crippen molar-refractivity contribution < 1.29 is 0 Å². The Bertz CT molecular complexity index is 838. The van der Waals surface area contributed by atoms with E-state index < -0.39 is 0 Å². The summed E-state index contributed by atoms with van der Waals surface area (Å²) in [5.74, 6) is 0. The lowest BCUT2D eigenvalue weighted by atomic mass is 9.79. The van der Waals surface area contributed by atoms with Gasteiger partial charge in [-0.1, -0.05) is 60.7 Å². The van der Waals surface area contributed by atoms with Gasteiger partial charge in [0.15, 0.2) is 0 Å². The second-order valence-electron chi connectivity index (χ2n) is 7.59. The third-order valence-electron chi connectivity index (χ3n) is 5.71. The van der Waals surface area contributed by atoms with Crippen molar-refractivity contribution in [2.75, 3.05) is 33.2 Å². The number of halogens is 1. The Morgan fingerprint density at radius 1 is 0.929 bits per heavy atom. The molecule has 0 atom stereocenters. The van der Waals surface area contributed by atoms with Gasteiger partial charge in [-0.15, -0.1) is 0 Å². The van der Waals surface area contributed by atoms with Gasteiger partial charge in [0.05, 0.1) is 16.2 Å². The summed E-state index contributed by atoms with van der Waals surface area (Å²) in [4.78, 5) is 5.14. The van der Waals surface area contributed by atoms with Crippen LogP contribution in [0.2, 0.25) is 0 Å². The minimum atomic E-state index is -0.125. The maximum Gasteiger partial charge on any atom is 0.0845 e. The second-order valence-corrected chi connectivity index (χ2v) is 8.51. The summed E-state index contributed by atoms with van der Waals surface area (Å²) in [6.45, 7) is 5.11. The third kappa shape index (κ3) is 3.93. The first-order chi connectivity index (χ1) is 13.7. The molecule has 2 heterocycles. The van der Waals surface area contributed by atoms with Crippen LogP contribution in [0.3, 0.4) is 0 Å². The molecule has 0 aliphatic carbocycles. The molecule has 1 fully saturated rings. The highest BCUT2D eigenvalue weighted by Crippen LogP contribution is 2.38. The number of aryl methyl sites for hydroxylation is 1. The second kappa shape index (κ2) is 8.60. The van der Waals surface area contributed by atoms with E-state index in [-0.39, 0.29) is 5.54 Å². The van der Waals surface area contributed by atoms with Gasteiger partial charge >= 0.3 is 0 Å². The van der Waals surface area contributed by atoms with Gasteiger partial charge in [-0.2, -0.15) is 5.10 Å². The number of nitrogens with zero attached hydrogens (tertiary/aromatic N) is 4. The van der Waals surface area contributed by atoms with Crippen LogP contribution in [0, 0.1) is 0 Å². The van der Waals surface area contributed by atoms with Crippen molar-refractivity contribution in [1.29, 1.82) is 0 Å². The fourth-order valence-electron chi connectivity index (χ4n) is 4.38. The van der Waals surface area contributed by atoms with Crippen LogP contribution >= 0.6 is 15.9 Å². The summed E-state index contributed by atoms with van der Waals surface area (Å²) in [5, 5.41) is 4.41. The summed E-state index contributed by atoms with van der Waals surface area (Å²) in [6, 6.07) is 22.0. The normalized spacial score (nSPS) is 17.6. The first-order valence-corrected chi connectivity index (χ1v) is 10.7.